The van der Waals surface area contributed by atoms with E-state index in [2.05, 4.69) is 53.7 Å². The summed E-state index contributed by atoms with van der Waals surface area (Å²) in [6, 6.07) is 0. The van der Waals surface area contributed by atoms with E-state index in [0.717, 1.165) is 6.42 Å². The second-order valence-electron chi connectivity index (χ2n) is 5.97. The van der Waals surface area contributed by atoms with Crippen LogP contribution in [0.3, 0.4) is 0 Å². The minimum atomic E-state index is -0.0650. The molecule has 0 nitrogen and oxygen atoms in total. The molecule has 0 aromatic heterocycles. The average Bonchev–Trinajstić information content (AvgIpc) is 2.01. The molecule has 1 heteroatoms. The van der Waals surface area contributed by atoms with E-state index in [1.807, 2.05) is 0 Å². The summed E-state index contributed by atoms with van der Waals surface area (Å²) in [4.78, 5) is 0. The molecule has 0 saturated heterocycles. The summed E-state index contributed by atoms with van der Waals surface area (Å²) in [5.41, 5.74) is 0.792. The first-order valence-corrected chi connectivity index (χ1v) is 7.63. The molecule has 0 N–H and O–H groups in total. The standard InChI is InChI=1S/C13H22Te/c1-12(2,3)10-8-7-9-11(14-10)13(4,5)6/h8-9H,7H2,1-6H3. The summed E-state index contributed by atoms with van der Waals surface area (Å²) in [6.07, 6.45) is 6.07. The van der Waals surface area contributed by atoms with Gasteiger partial charge in [0.1, 0.15) is 0 Å². The molecule has 0 atom stereocenters. The molecule has 1 aliphatic rings. The first-order valence-electron chi connectivity index (χ1n) is 5.30. The Morgan fingerprint density at radius 1 is 0.857 bits per heavy atom. The predicted octanol–water partition coefficient (Wildman–Crippen LogP) is 3.95. The van der Waals surface area contributed by atoms with Crippen LogP contribution in [-0.2, 0) is 0 Å². The third-order valence-corrected chi connectivity index (χ3v) is 8.01. The molecular formula is C13H22Te. The third-order valence-electron chi connectivity index (χ3n) is 2.30. The zero-order chi connectivity index (χ0) is 11.0. The predicted molar refractivity (Wildman–Crippen MR) is 65.4 cm³/mol. The van der Waals surface area contributed by atoms with E-state index in [0.29, 0.717) is 10.8 Å². The number of allylic oxidation sites excluding steroid dienone is 4. The quantitative estimate of drug-likeness (QED) is 0.594. The molecule has 1 aliphatic heterocycles. The van der Waals surface area contributed by atoms with Crippen LogP contribution < -0.4 is 0 Å². The van der Waals surface area contributed by atoms with E-state index < -0.39 is 0 Å². The van der Waals surface area contributed by atoms with Gasteiger partial charge in [0.25, 0.3) is 0 Å². The van der Waals surface area contributed by atoms with Crippen molar-refractivity contribution in [3.05, 3.63) is 19.4 Å². The van der Waals surface area contributed by atoms with Gasteiger partial charge in [0.2, 0.25) is 0 Å². The molecule has 80 valence electrons. The number of rotatable bonds is 0. The van der Waals surface area contributed by atoms with Crippen molar-refractivity contribution in [2.45, 2.75) is 48.0 Å². The van der Waals surface area contributed by atoms with Crippen molar-refractivity contribution in [1.29, 1.82) is 0 Å². The van der Waals surface area contributed by atoms with E-state index in [4.69, 9.17) is 0 Å². The molecule has 0 unspecified atom stereocenters. The summed E-state index contributed by atoms with van der Waals surface area (Å²) in [5, 5.41) is 0. The maximum absolute atomic E-state index is 2.46. The fraction of sp³-hybridized carbons (Fsp3) is 0.692. The fourth-order valence-corrected chi connectivity index (χ4v) is 4.84. The van der Waals surface area contributed by atoms with Crippen LogP contribution in [0.4, 0.5) is 0 Å². The molecule has 14 heavy (non-hydrogen) atoms. The van der Waals surface area contributed by atoms with Crippen LogP contribution >= 0.6 is 0 Å². The first-order chi connectivity index (χ1) is 6.21. The second-order valence-corrected chi connectivity index (χ2v) is 9.07. The monoisotopic (exact) mass is 308 g/mol. The fourth-order valence-electron chi connectivity index (χ4n) is 1.39. The Kier molecular flexibility index (Phi) is 3.55. The molecule has 0 aliphatic carbocycles. The van der Waals surface area contributed by atoms with Crippen LogP contribution in [0, 0.1) is 10.8 Å². The zero-order valence-electron chi connectivity index (χ0n) is 10.3. The summed E-state index contributed by atoms with van der Waals surface area (Å²) in [5.74, 6) is 0. The van der Waals surface area contributed by atoms with E-state index in [-0.39, 0.29) is 20.9 Å². The Bertz CT molecular complexity index is 241. The van der Waals surface area contributed by atoms with Gasteiger partial charge in [-0.3, -0.25) is 0 Å². The second kappa shape index (κ2) is 4.03. The summed E-state index contributed by atoms with van der Waals surface area (Å²) < 4.78 is 3.46. The third kappa shape index (κ3) is 3.14. The molecular weight excluding hydrogens is 284 g/mol. The van der Waals surface area contributed by atoms with Crippen LogP contribution in [-0.4, -0.2) is 20.9 Å². The van der Waals surface area contributed by atoms with E-state index in [9.17, 15) is 0 Å². The summed E-state index contributed by atoms with van der Waals surface area (Å²) in [6.45, 7) is 14.1. The van der Waals surface area contributed by atoms with Crippen molar-refractivity contribution in [3.63, 3.8) is 0 Å². The molecule has 0 spiro atoms. The molecule has 0 saturated carbocycles. The van der Waals surface area contributed by atoms with E-state index in [1.165, 1.54) is 0 Å². The van der Waals surface area contributed by atoms with E-state index >= 15 is 0 Å². The zero-order valence-corrected chi connectivity index (χ0v) is 12.6. The Labute approximate surface area is 98.9 Å². The number of hydrogen-bond acceptors (Lipinski definition) is 0. The van der Waals surface area contributed by atoms with Gasteiger partial charge in [-0.25, -0.2) is 0 Å². The SMILES string of the molecule is CC(C)(C)C1=CCC=C(C(C)(C)C)[Te]1. The summed E-state index contributed by atoms with van der Waals surface area (Å²) >= 11 is -0.0650. The molecule has 0 aromatic carbocycles. The van der Waals surface area contributed by atoms with Crippen molar-refractivity contribution < 1.29 is 0 Å². The van der Waals surface area contributed by atoms with Crippen LogP contribution in [0.15, 0.2) is 19.4 Å². The van der Waals surface area contributed by atoms with Gasteiger partial charge in [0.05, 0.1) is 0 Å². The normalized spacial score (nSPS) is 19.0. The van der Waals surface area contributed by atoms with Gasteiger partial charge < -0.3 is 0 Å². The van der Waals surface area contributed by atoms with Crippen molar-refractivity contribution >= 4 is 20.9 Å². The molecule has 0 bridgehead atoms. The first kappa shape index (κ1) is 12.3. The molecule has 0 aromatic rings. The Hall–Kier alpha value is 0.270. The Balaban J connectivity index is 2.79. The van der Waals surface area contributed by atoms with Gasteiger partial charge in [-0.2, -0.15) is 0 Å². The molecule has 0 amide bonds. The molecule has 1 heterocycles. The average molecular weight is 306 g/mol. The van der Waals surface area contributed by atoms with Gasteiger partial charge in [-0.1, -0.05) is 0 Å². The van der Waals surface area contributed by atoms with Crippen molar-refractivity contribution in [1.82, 2.24) is 0 Å². The topological polar surface area (TPSA) is 0 Å². The van der Waals surface area contributed by atoms with Crippen molar-refractivity contribution in [2.24, 2.45) is 10.8 Å². The van der Waals surface area contributed by atoms with Crippen LogP contribution in [0.5, 0.6) is 0 Å². The van der Waals surface area contributed by atoms with Crippen molar-refractivity contribution in [3.8, 4) is 0 Å². The van der Waals surface area contributed by atoms with Crippen LogP contribution in [0.25, 0.3) is 0 Å². The van der Waals surface area contributed by atoms with Gasteiger partial charge >= 0.3 is 99.1 Å². The Morgan fingerprint density at radius 2 is 1.21 bits per heavy atom. The summed E-state index contributed by atoms with van der Waals surface area (Å²) in [7, 11) is 0. The minimum absolute atomic E-state index is 0.0650. The molecule has 0 fully saturated rings. The Morgan fingerprint density at radius 3 is 1.50 bits per heavy atom. The van der Waals surface area contributed by atoms with Gasteiger partial charge in [0.15, 0.2) is 0 Å². The van der Waals surface area contributed by atoms with E-state index in [1.54, 1.807) is 7.24 Å². The van der Waals surface area contributed by atoms with Crippen LogP contribution in [0.1, 0.15) is 48.0 Å². The van der Waals surface area contributed by atoms with Gasteiger partial charge in [-0.05, 0) is 0 Å². The van der Waals surface area contributed by atoms with Crippen molar-refractivity contribution in [2.75, 3.05) is 0 Å². The molecule has 0 radical (unpaired) electrons. The maximum atomic E-state index is 2.46. The van der Waals surface area contributed by atoms with Gasteiger partial charge in [0, 0.05) is 0 Å². The van der Waals surface area contributed by atoms with Crippen LogP contribution in [0.2, 0.25) is 0 Å². The molecule has 1 rings (SSSR count). The van der Waals surface area contributed by atoms with Gasteiger partial charge in [-0.15, -0.1) is 0 Å². The number of hydrogen-bond donors (Lipinski definition) is 0.